The lowest BCUT2D eigenvalue weighted by atomic mass is 10.2. The molecule has 5 nitrogen and oxygen atoms in total. The Labute approximate surface area is 112 Å². The molecule has 0 fully saturated rings. The first-order valence-electron chi connectivity index (χ1n) is 6.46. The third-order valence-corrected chi connectivity index (χ3v) is 2.96. The standard InChI is InChI=1S/C14H18N2O3/c1-3-4-7-16-12-8-11(15-10(2)17)5-6-13(12)19-9-14(16)18/h5-6,8H,3-4,7,9H2,1-2H3,(H,15,17). The zero-order valence-corrected chi connectivity index (χ0v) is 11.2. The summed E-state index contributed by atoms with van der Waals surface area (Å²) in [4.78, 5) is 24.7. The quantitative estimate of drug-likeness (QED) is 0.904. The van der Waals surface area contributed by atoms with Crippen molar-refractivity contribution in [1.82, 2.24) is 0 Å². The van der Waals surface area contributed by atoms with Crippen molar-refractivity contribution < 1.29 is 14.3 Å². The number of carbonyl (C=O) groups excluding carboxylic acids is 2. The van der Waals surface area contributed by atoms with Gasteiger partial charge in [0.25, 0.3) is 5.91 Å². The molecule has 2 rings (SSSR count). The first-order chi connectivity index (χ1) is 9.11. The molecule has 0 bridgehead atoms. The molecule has 0 spiro atoms. The lowest BCUT2D eigenvalue weighted by molar-refractivity contribution is -0.121. The largest absolute Gasteiger partial charge is 0.482 e. The van der Waals surface area contributed by atoms with Gasteiger partial charge >= 0.3 is 0 Å². The van der Waals surface area contributed by atoms with Gasteiger partial charge in [-0.1, -0.05) is 13.3 Å². The number of anilines is 2. The van der Waals surface area contributed by atoms with E-state index in [1.165, 1.54) is 6.92 Å². The topological polar surface area (TPSA) is 58.6 Å². The van der Waals surface area contributed by atoms with Crippen LogP contribution in [0, 0.1) is 0 Å². The van der Waals surface area contributed by atoms with Crippen LogP contribution in [0.25, 0.3) is 0 Å². The fourth-order valence-corrected chi connectivity index (χ4v) is 2.04. The van der Waals surface area contributed by atoms with E-state index in [0.717, 1.165) is 18.5 Å². The van der Waals surface area contributed by atoms with Gasteiger partial charge < -0.3 is 15.0 Å². The van der Waals surface area contributed by atoms with Gasteiger partial charge in [0, 0.05) is 19.2 Å². The second kappa shape index (κ2) is 5.73. The van der Waals surface area contributed by atoms with Crippen LogP contribution in [0.5, 0.6) is 5.75 Å². The van der Waals surface area contributed by atoms with E-state index in [1.807, 2.05) is 0 Å². The van der Waals surface area contributed by atoms with Gasteiger partial charge in [0.1, 0.15) is 5.75 Å². The molecule has 0 aromatic heterocycles. The predicted molar refractivity (Wildman–Crippen MR) is 73.5 cm³/mol. The fourth-order valence-electron chi connectivity index (χ4n) is 2.04. The normalized spacial score (nSPS) is 13.8. The summed E-state index contributed by atoms with van der Waals surface area (Å²) in [6, 6.07) is 5.34. The number of fused-ring (bicyclic) bond motifs is 1. The maximum Gasteiger partial charge on any atom is 0.265 e. The summed E-state index contributed by atoms with van der Waals surface area (Å²) in [6.45, 7) is 4.29. The molecule has 1 aliphatic rings. The van der Waals surface area contributed by atoms with Gasteiger partial charge in [-0.25, -0.2) is 0 Å². The molecular formula is C14H18N2O3. The second-order valence-electron chi connectivity index (χ2n) is 4.55. The first kappa shape index (κ1) is 13.4. The number of nitrogens with zero attached hydrogens (tertiary/aromatic N) is 1. The third kappa shape index (κ3) is 3.05. The van der Waals surface area contributed by atoms with E-state index in [9.17, 15) is 9.59 Å². The highest BCUT2D eigenvalue weighted by atomic mass is 16.5. The molecule has 1 aromatic rings. The van der Waals surface area contributed by atoms with Crippen molar-refractivity contribution in [3.8, 4) is 5.75 Å². The number of hydrogen-bond donors (Lipinski definition) is 1. The molecule has 1 N–H and O–H groups in total. The molecule has 102 valence electrons. The number of amides is 2. The average Bonchev–Trinajstić information content (AvgIpc) is 2.37. The molecule has 2 amide bonds. The Morgan fingerprint density at radius 2 is 2.26 bits per heavy atom. The van der Waals surface area contributed by atoms with Crippen molar-refractivity contribution in [2.45, 2.75) is 26.7 Å². The zero-order chi connectivity index (χ0) is 13.8. The second-order valence-corrected chi connectivity index (χ2v) is 4.55. The van der Waals surface area contributed by atoms with Gasteiger partial charge in [-0.15, -0.1) is 0 Å². The van der Waals surface area contributed by atoms with Crippen molar-refractivity contribution in [1.29, 1.82) is 0 Å². The number of unbranched alkanes of at least 4 members (excludes halogenated alkanes) is 1. The molecule has 0 radical (unpaired) electrons. The lowest BCUT2D eigenvalue weighted by Gasteiger charge is -2.29. The Bertz CT molecular complexity index is 499. The van der Waals surface area contributed by atoms with Crippen LogP contribution in [0.3, 0.4) is 0 Å². The molecule has 1 heterocycles. The Morgan fingerprint density at radius 1 is 1.47 bits per heavy atom. The maximum absolute atomic E-state index is 11.9. The van der Waals surface area contributed by atoms with Crippen LogP contribution in [0.15, 0.2) is 18.2 Å². The minimum absolute atomic E-state index is 0.0408. The minimum atomic E-state index is -0.136. The van der Waals surface area contributed by atoms with Gasteiger partial charge in [0.2, 0.25) is 5.91 Å². The summed E-state index contributed by atoms with van der Waals surface area (Å²) >= 11 is 0. The summed E-state index contributed by atoms with van der Waals surface area (Å²) in [6.07, 6.45) is 1.96. The third-order valence-electron chi connectivity index (χ3n) is 2.96. The summed E-state index contributed by atoms with van der Waals surface area (Å²) in [5.74, 6) is 0.508. The molecule has 19 heavy (non-hydrogen) atoms. The Hall–Kier alpha value is -2.04. The lowest BCUT2D eigenvalue weighted by Crippen LogP contribution is -2.39. The number of hydrogen-bond acceptors (Lipinski definition) is 3. The van der Waals surface area contributed by atoms with E-state index in [0.29, 0.717) is 18.0 Å². The van der Waals surface area contributed by atoms with Crippen molar-refractivity contribution in [2.75, 3.05) is 23.4 Å². The Balaban J connectivity index is 2.29. The highest BCUT2D eigenvalue weighted by molar-refractivity contribution is 5.99. The summed E-state index contributed by atoms with van der Waals surface area (Å²) < 4.78 is 5.40. The fraction of sp³-hybridized carbons (Fsp3) is 0.429. The smallest absolute Gasteiger partial charge is 0.265 e. The van der Waals surface area contributed by atoms with Crippen LogP contribution >= 0.6 is 0 Å². The SMILES string of the molecule is CCCCN1C(=O)COc2ccc(NC(C)=O)cc21. The predicted octanol–water partition coefficient (Wildman–Crippen LogP) is 2.17. The van der Waals surface area contributed by atoms with Crippen LogP contribution in [0.1, 0.15) is 26.7 Å². The first-order valence-corrected chi connectivity index (χ1v) is 6.46. The molecule has 0 aliphatic carbocycles. The molecule has 5 heteroatoms. The maximum atomic E-state index is 11.9. The van der Waals surface area contributed by atoms with Crippen molar-refractivity contribution in [2.24, 2.45) is 0 Å². The van der Waals surface area contributed by atoms with Crippen molar-refractivity contribution in [3.05, 3.63) is 18.2 Å². The Morgan fingerprint density at radius 3 is 2.95 bits per heavy atom. The van der Waals surface area contributed by atoms with Gasteiger partial charge in [-0.05, 0) is 24.6 Å². The van der Waals surface area contributed by atoms with Crippen LogP contribution in [0.2, 0.25) is 0 Å². The Kier molecular flexibility index (Phi) is 4.04. The number of benzene rings is 1. The van der Waals surface area contributed by atoms with Gasteiger partial charge in [-0.2, -0.15) is 0 Å². The molecule has 0 saturated heterocycles. The molecule has 0 unspecified atom stereocenters. The van der Waals surface area contributed by atoms with Gasteiger partial charge in [0.05, 0.1) is 5.69 Å². The minimum Gasteiger partial charge on any atom is -0.482 e. The summed E-state index contributed by atoms with van der Waals surface area (Å²) in [7, 11) is 0. The number of carbonyl (C=O) groups is 2. The number of rotatable bonds is 4. The molecular weight excluding hydrogens is 244 g/mol. The van der Waals surface area contributed by atoms with E-state index in [1.54, 1.807) is 23.1 Å². The van der Waals surface area contributed by atoms with Gasteiger partial charge in [-0.3, -0.25) is 9.59 Å². The van der Waals surface area contributed by atoms with E-state index in [4.69, 9.17) is 4.74 Å². The molecule has 1 aliphatic heterocycles. The van der Waals surface area contributed by atoms with E-state index < -0.39 is 0 Å². The van der Waals surface area contributed by atoms with E-state index >= 15 is 0 Å². The van der Waals surface area contributed by atoms with Crippen LogP contribution < -0.4 is 15.0 Å². The van der Waals surface area contributed by atoms with E-state index in [-0.39, 0.29) is 18.4 Å². The average molecular weight is 262 g/mol. The zero-order valence-electron chi connectivity index (χ0n) is 11.2. The van der Waals surface area contributed by atoms with Crippen molar-refractivity contribution >= 4 is 23.2 Å². The monoisotopic (exact) mass is 262 g/mol. The van der Waals surface area contributed by atoms with Crippen molar-refractivity contribution in [3.63, 3.8) is 0 Å². The highest BCUT2D eigenvalue weighted by Crippen LogP contribution is 2.34. The molecule has 1 aromatic carbocycles. The highest BCUT2D eigenvalue weighted by Gasteiger charge is 2.25. The van der Waals surface area contributed by atoms with Crippen LogP contribution in [-0.4, -0.2) is 25.0 Å². The van der Waals surface area contributed by atoms with Gasteiger partial charge in [0.15, 0.2) is 6.61 Å². The van der Waals surface area contributed by atoms with Crippen LogP contribution in [-0.2, 0) is 9.59 Å². The summed E-state index contributed by atoms with van der Waals surface area (Å²) in [5, 5.41) is 2.71. The number of nitrogens with one attached hydrogen (secondary N) is 1. The summed E-state index contributed by atoms with van der Waals surface area (Å²) in [5.41, 5.74) is 1.40. The molecule has 0 atom stereocenters. The number of ether oxygens (including phenoxy) is 1. The van der Waals surface area contributed by atoms with E-state index in [2.05, 4.69) is 12.2 Å². The molecule has 0 saturated carbocycles. The van der Waals surface area contributed by atoms with Crippen LogP contribution in [0.4, 0.5) is 11.4 Å².